The molecule has 4 heteroatoms. The fourth-order valence-corrected chi connectivity index (χ4v) is 4.35. The lowest BCUT2D eigenvalue weighted by molar-refractivity contribution is -0.131. The van der Waals surface area contributed by atoms with E-state index in [2.05, 4.69) is 28.7 Å². The maximum atomic E-state index is 12.8. The van der Waals surface area contributed by atoms with E-state index in [4.69, 9.17) is 5.26 Å². The highest BCUT2D eigenvalue weighted by Gasteiger charge is 2.28. The highest BCUT2D eigenvalue weighted by atomic mass is 16.2. The van der Waals surface area contributed by atoms with E-state index in [0.29, 0.717) is 18.0 Å². The number of aromatic nitrogens is 1. The molecular formula is C24H25N3O. The number of benzene rings is 2. The Kier molecular flexibility index (Phi) is 5.16. The van der Waals surface area contributed by atoms with Gasteiger partial charge in [-0.2, -0.15) is 5.26 Å². The van der Waals surface area contributed by atoms with Crippen LogP contribution >= 0.6 is 0 Å². The van der Waals surface area contributed by atoms with Crippen molar-refractivity contribution in [2.75, 3.05) is 6.54 Å². The molecular weight excluding hydrogens is 346 g/mol. The number of aryl methyl sites for hydroxylation is 2. The summed E-state index contributed by atoms with van der Waals surface area (Å²) in [6.07, 6.45) is 4.58. The first-order valence-corrected chi connectivity index (χ1v) is 9.97. The van der Waals surface area contributed by atoms with E-state index in [-0.39, 0.29) is 5.91 Å². The fraction of sp³-hybridized carbons (Fsp3) is 0.333. The van der Waals surface area contributed by atoms with E-state index in [1.807, 2.05) is 48.5 Å². The second-order valence-electron chi connectivity index (χ2n) is 7.66. The summed E-state index contributed by atoms with van der Waals surface area (Å²) in [5.74, 6) is 0.240. The zero-order chi connectivity index (χ0) is 19.5. The van der Waals surface area contributed by atoms with Gasteiger partial charge in [0.05, 0.1) is 18.1 Å². The monoisotopic (exact) mass is 371 g/mol. The van der Waals surface area contributed by atoms with E-state index < -0.39 is 0 Å². The molecule has 1 amide bonds. The van der Waals surface area contributed by atoms with Crippen molar-refractivity contribution in [3.63, 3.8) is 0 Å². The molecule has 142 valence electrons. The predicted octanol–water partition coefficient (Wildman–Crippen LogP) is 4.22. The van der Waals surface area contributed by atoms with Crippen molar-refractivity contribution in [2.24, 2.45) is 7.05 Å². The maximum absolute atomic E-state index is 12.8. The summed E-state index contributed by atoms with van der Waals surface area (Å²) < 4.78 is 2.18. The SMILES string of the molecule is Cn1c(CC[C@@H]2CCCN2C(=O)Cc2ccccc2)cc2ccc(C#N)cc21. The van der Waals surface area contributed by atoms with Gasteiger partial charge < -0.3 is 9.47 Å². The van der Waals surface area contributed by atoms with Gasteiger partial charge in [0, 0.05) is 30.8 Å². The highest BCUT2D eigenvalue weighted by Crippen LogP contribution is 2.26. The summed E-state index contributed by atoms with van der Waals surface area (Å²) in [5, 5.41) is 10.3. The zero-order valence-electron chi connectivity index (χ0n) is 16.3. The second kappa shape index (κ2) is 7.90. The third-order valence-corrected chi connectivity index (χ3v) is 5.90. The predicted molar refractivity (Wildman–Crippen MR) is 111 cm³/mol. The molecule has 0 aliphatic carbocycles. The van der Waals surface area contributed by atoms with Crippen molar-refractivity contribution >= 4 is 16.8 Å². The van der Waals surface area contributed by atoms with E-state index in [1.165, 1.54) is 11.1 Å². The Labute approximate surface area is 166 Å². The third kappa shape index (κ3) is 3.66. The van der Waals surface area contributed by atoms with Gasteiger partial charge >= 0.3 is 0 Å². The third-order valence-electron chi connectivity index (χ3n) is 5.90. The molecule has 2 heterocycles. The average Bonchev–Trinajstić information content (AvgIpc) is 3.31. The second-order valence-corrected chi connectivity index (χ2v) is 7.66. The van der Waals surface area contributed by atoms with E-state index in [1.54, 1.807) is 0 Å². The molecule has 28 heavy (non-hydrogen) atoms. The van der Waals surface area contributed by atoms with Gasteiger partial charge in [-0.15, -0.1) is 0 Å². The standard InChI is InChI=1S/C24H25N3O/c1-26-22(16-20-10-9-19(17-25)14-23(20)26)12-11-21-8-5-13-27(21)24(28)15-18-6-3-2-4-7-18/h2-4,6-7,9-10,14,16,21H,5,8,11-13,15H2,1H3/t21-/m0/s1. The molecule has 0 spiro atoms. The van der Waals surface area contributed by atoms with Crippen molar-refractivity contribution in [3.8, 4) is 6.07 Å². The maximum Gasteiger partial charge on any atom is 0.227 e. The normalized spacial score (nSPS) is 16.4. The summed E-state index contributed by atoms with van der Waals surface area (Å²) >= 11 is 0. The lowest BCUT2D eigenvalue weighted by Crippen LogP contribution is -2.36. The Hall–Kier alpha value is -3.06. The molecule has 1 fully saturated rings. The van der Waals surface area contributed by atoms with Crippen LogP contribution in [0.5, 0.6) is 0 Å². The number of fused-ring (bicyclic) bond motifs is 1. The summed E-state index contributed by atoms with van der Waals surface area (Å²) in [6.45, 7) is 0.872. The largest absolute Gasteiger partial charge is 0.348 e. The topological polar surface area (TPSA) is 49.0 Å². The van der Waals surface area contributed by atoms with Gasteiger partial charge in [-0.25, -0.2) is 0 Å². The minimum atomic E-state index is 0.240. The number of likely N-dealkylation sites (tertiary alicyclic amines) is 1. The Bertz CT molecular complexity index is 1030. The molecule has 1 aliphatic heterocycles. The first-order valence-electron chi connectivity index (χ1n) is 9.97. The molecule has 2 aromatic carbocycles. The zero-order valence-corrected chi connectivity index (χ0v) is 16.3. The molecule has 0 radical (unpaired) electrons. The summed E-state index contributed by atoms with van der Waals surface area (Å²) in [5.41, 5.74) is 4.12. The van der Waals surface area contributed by atoms with Crippen LogP contribution < -0.4 is 0 Å². The summed E-state index contributed by atoms with van der Waals surface area (Å²) in [4.78, 5) is 14.9. The van der Waals surface area contributed by atoms with E-state index >= 15 is 0 Å². The Morgan fingerprint density at radius 1 is 1.18 bits per heavy atom. The van der Waals surface area contributed by atoms with Crippen LogP contribution in [0.1, 0.15) is 36.1 Å². The molecule has 1 atom stereocenters. The van der Waals surface area contributed by atoms with Crippen molar-refractivity contribution in [1.82, 2.24) is 9.47 Å². The number of hydrogen-bond donors (Lipinski definition) is 0. The van der Waals surface area contributed by atoms with Crippen LogP contribution in [0.4, 0.5) is 0 Å². The number of carbonyl (C=O) groups is 1. The quantitative estimate of drug-likeness (QED) is 0.674. The number of amides is 1. The minimum Gasteiger partial charge on any atom is -0.348 e. The smallest absolute Gasteiger partial charge is 0.227 e. The Morgan fingerprint density at radius 3 is 2.79 bits per heavy atom. The molecule has 1 saturated heterocycles. The van der Waals surface area contributed by atoms with Gasteiger partial charge in [-0.05, 0) is 54.8 Å². The van der Waals surface area contributed by atoms with Gasteiger partial charge in [0.2, 0.25) is 5.91 Å². The first-order chi connectivity index (χ1) is 13.7. The molecule has 1 aliphatic rings. The van der Waals surface area contributed by atoms with Crippen LogP contribution in [0, 0.1) is 11.3 Å². The van der Waals surface area contributed by atoms with E-state index in [0.717, 1.165) is 43.3 Å². The summed E-state index contributed by atoms with van der Waals surface area (Å²) in [6, 6.07) is 20.6. The molecule has 0 unspecified atom stereocenters. The Balaban J connectivity index is 1.44. The van der Waals surface area contributed by atoms with Crippen molar-refractivity contribution in [2.45, 2.75) is 38.1 Å². The van der Waals surface area contributed by atoms with Crippen LogP contribution in [0.2, 0.25) is 0 Å². The minimum absolute atomic E-state index is 0.240. The number of hydrogen-bond acceptors (Lipinski definition) is 2. The molecule has 4 rings (SSSR count). The highest BCUT2D eigenvalue weighted by molar-refractivity contribution is 5.82. The first kappa shape index (κ1) is 18.3. The van der Waals surface area contributed by atoms with Crippen molar-refractivity contribution in [1.29, 1.82) is 5.26 Å². The molecule has 0 saturated carbocycles. The number of nitrogens with zero attached hydrogens (tertiary/aromatic N) is 3. The van der Waals surface area contributed by atoms with Crippen molar-refractivity contribution < 1.29 is 4.79 Å². The van der Waals surface area contributed by atoms with E-state index in [9.17, 15) is 4.79 Å². The Morgan fingerprint density at radius 2 is 2.00 bits per heavy atom. The van der Waals surface area contributed by atoms with Crippen LogP contribution in [0.3, 0.4) is 0 Å². The van der Waals surface area contributed by atoms with Crippen LogP contribution in [-0.2, 0) is 24.7 Å². The molecule has 0 N–H and O–H groups in total. The molecule has 3 aromatic rings. The molecule has 1 aromatic heterocycles. The number of rotatable bonds is 5. The van der Waals surface area contributed by atoms with Crippen LogP contribution in [0.15, 0.2) is 54.6 Å². The number of carbonyl (C=O) groups excluding carboxylic acids is 1. The van der Waals surface area contributed by atoms with Crippen molar-refractivity contribution in [3.05, 3.63) is 71.4 Å². The van der Waals surface area contributed by atoms with Gasteiger partial charge in [0.1, 0.15) is 0 Å². The lowest BCUT2D eigenvalue weighted by atomic mass is 10.1. The molecule has 0 bridgehead atoms. The fourth-order valence-electron chi connectivity index (χ4n) is 4.35. The average molecular weight is 371 g/mol. The van der Waals surface area contributed by atoms with Gasteiger partial charge in [0.25, 0.3) is 0 Å². The summed E-state index contributed by atoms with van der Waals surface area (Å²) in [7, 11) is 2.06. The van der Waals surface area contributed by atoms with Gasteiger partial charge in [-0.3, -0.25) is 4.79 Å². The van der Waals surface area contributed by atoms with Gasteiger partial charge in [0.15, 0.2) is 0 Å². The number of nitriles is 1. The van der Waals surface area contributed by atoms with Crippen LogP contribution in [-0.4, -0.2) is 28.0 Å². The molecule has 4 nitrogen and oxygen atoms in total. The van der Waals surface area contributed by atoms with Gasteiger partial charge in [-0.1, -0.05) is 36.4 Å². The lowest BCUT2D eigenvalue weighted by Gasteiger charge is -2.25. The van der Waals surface area contributed by atoms with Crippen LogP contribution in [0.25, 0.3) is 10.9 Å².